The fourth-order valence-corrected chi connectivity index (χ4v) is 1.78. The molecule has 1 unspecified atom stereocenters. The third-order valence-corrected chi connectivity index (χ3v) is 2.69. The summed E-state index contributed by atoms with van der Waals surface area (Å²) in [4.78, 5) is 4.98. The molecular formula is C11H14N2OS. The van der Waals surface area contributed by atoms with Crippen LogP contribution < -0.4 is 5.32 Å². The van der Waals surface area contributed by atoms with E-state index in [9.17, 15) is 0 Å². The SMILES string of the molecule is COC(C(=S)NC1CC1)c1ccccn1. The van der Waals surface area contributed by atoms with Crippen LogP contribution in [0.4, 0.5) is 0 Å². The summed E-state index contributed by atoms with van der Waals surface area (Å²) < 4.78 is 5.36. The third kappa shape index (κ3) is 2.73. The van der Waals surface area contributed by atoms with E-state index in [0.29, 0.717) is 6.04 Å². The normalized spacial score (nSPS) is 17.1. The lowest BCUT2D eigenvalue weighted by Gasteiger charge is -2.17. The first kappa shape index (κ1) is 10.5. The molecular weight excluding hydrogens is 208 g/mol. The van der Waals surface area contributed by atoms with Gasteiger partial charge in [-0.25, -0.2) is 0 Å². The molecule has 2 rings (SSSR count). The predicted molar refractivity (Wildman–Crippen MR) is 62.7 cm³/mol. The first-order valence-corrected chi connectivity index (χ1v) is 5.46. The quantitative estimate of drug-likeness (QED) is 0.788. The van der Waals surface area contributed by atoms with Crippen molar-refractivity contribution in [2.45, 2.75) is 25.0 Å². The highest BCUT2D eigenvalue weighted by atomic mass is 32.1. The number of hydrogen-bond acceptors (Lipinski definition) is 3. The lowest BCUT2D eigenvalue weighted by Crippen LogP contribution is -2.30. The van der Waals surface area contributed by atoms with E-state index in [1.165, 1.54) is 12.8 Å². The van der Waals surface area contributed by atoms with Crippen molar-refractivity contribution in [1.29, 1.82) is 0 Å². The molecule has 1 fully saturated rings. The zero-order chi connectivity index (χ0) is 10.7. The Hall–Kier alpha value is -1.00. The summed E-state index contributed by atoms with van der Waals surface area (Å²) >= 11 is 5.30. The van der Waals surface area contributed by atoms with Crippen LogP contribution in [0.1, 0.15) is 24.6 Å². The van der Waals surface area contributed by atoms with Crippen LogP contribution in [-0.4, -0.2) is 23.1 Å². The van der Waals surface area contributed by atoms with Crippen molar-refractivity contribution in [3.8, 4) is 0 Å². The van der Waals surface area contributed by atoms with E-state index in [4.69, 9.17) is 17.0 Å². The molecule has 0 aliphatic heterocycles. The van der Waals surface area contributed by atoms with E-state index >= 15 is 0 Å². The molecule has 80 valence electrons. The second-order valence-corrected chi connectivity index (χ2v) is 4.09. The van der Waals surface area contributed by atoms with Gasteiger partial charge in [-0.2, -0.15) is 0 Å². The van der Waals surface area contributed by atoms with Crippen LogP contribution in [0.25, 0.3) is 0 Å². The van der Waals surface area contributed by atoms with E-state index in [1.807, 2.05) is 18.2 Å². The van der Waals surface area contributed by atoms with E-state index in [2.05, 4.69) is 10.3 Å². The number of rotatable bonds is 4. The standard InChI is InChI=1S/C11H14N2OS/c1-14-10(9-4-2-3-7-12-9)11(15)13-8-5-6-8/h2-4,7-8,10H,5-6H2,1H3,(H,13,15). The summed E-state index contributed by atoms with van der Waals surface area (Å²) in [6.07, 6.45) is 3.94. The second kappa shape index (κ2) is 4.68. The fourth-order valence-electron chi connectivity index (χ4n) is 1.40. The van der Waals surface area contributed by atoms with Gasteiger partial charge in [0.15, 0.2) is 0 Å². The number of nitrogens with one attached hydrogen (secondary N) is 1. The molecule has 1 atom stereocenters. The summed E-state index contributed by atoms with van der Waals surface area (Å²) in [5, 5.41) is 3.27. The largest absolute Gasteiger partial charge is 0.374 e. The number of ether oxygens (including phenoxy) is 1. The Kier molecular flexibility index (Phi) is 3.28. The third-order valence-electron chi connectivity index (χ3n) is 2.35. The molecule has 0 amide bonds. The predicted octanol–water partition coefficient (Wildman–Crippen LogP) is 1.85. The molecule has 4 heteroatoms. The van der Waals surface area contributed by atoms with Crippen LogP contribution in [-0.2, 0) is 4.74 Å². The molecule has 1 aliphatic rings. The summed E-state index contributed by atoms with van der Waals surface area (Å²) in [5.41, 5.74) is 0.859. The molecule has 3 nitrogen and oxygen atoms in total. The molecule has 1 heterocycles. The van der Waals surface area contributed by atoms with Gasteiger partial charge in [-0.1, -0.05) is 18.3 Å². The maximum Gasteiger partial charge on any atom is 0.149 e. The highest BCUT2D eigenvalue weighted by Crippen LogP contribution is 2.22. The first-order valence-electron chi connectivity index (χ1n) is 5.05. The fraction of sp³-hybridized carbons (Fsp3) is 0.455. The van der Waals surface area contributed by atoms with Crippen molar-refractivity contribution in [3.63, 3.8) is 0 Å². The molecule has 0 spiro atoms. The topological polar surface area (TPSA) is 34.1 Å². The van der Waals surface area contributed by atoms with Gasteiger partial charge in [0, 0.05) is 19.3 Å². The van der Waals surface area contributed by atoms with Crippen LogP contribution in [0.3, 0.4) is 0 Å². The molecule has 1 N–H and O–H groups in total. The molecule has 15 heavy (non-hydrogen) atoms. The number of methoxy groups -OCH3 is 1. The summed E-state index contributed by atoms with van der Waals surface area (Å²) in [6.45, 7) is 0. The van der Waals surface area contributed by atoms with Crippen LogP contribution in [0, 0.1) is 0 Å². The van der Waals surface area contributed by atoms with Crippen molar-refractivity contribution in [2.24, 2.45) is 0 Å². The first-order chi connectivity index (χ1) is 7.31. The smallest absolute Gasteiger partial charge is 0.149 e. The van der Waals surface area contributed by atoms with Gasteiger partial charge in [-0.05, 0) is 25.0 Å². The van der Waals surface area contributed by atoms with E-state index in [0.717, 1.165) is 10.7 Å². The van der Waals surface area contributed by atoms with Crippen LogP contribution >= 0.6 is 12.2 Å². The highest BCUT2D eigenvalue weighted by Gasteiger charge is 2.26. The van der Waals surface area contributed by atoms with E-state index in [1.54, 1.807) is 13.3 Å². The van der Waals surface area contributed by atoms with Gasteiger partial charge in [0.2, 0.25) is 0 Å². The van der Waals surface area contributed by atoms with E-state index in [-0.39, 0.29) is 6.10 Å². The van der Waals surface area contributed by atoms with Crippen LogP contribution in [0.2, 0.25) is 0 Å². The zero-order valence-electron chi connectivity index (χ0n) is 8.64. The average Bonchev–Trinajstić information content (AvgIpc) is 3.04. The molecule has 0 bridgehead atoms. The van der Waals surface area contributed by atoms with Gasteiger partial charge in [0.25, 0.3) is 0 Å². The molecule has 1 aliphatic carbocycles. The highest BCUT2D eigenvalue weighted by molar-refractivity contribution is 7.80. The van der Waals surface area contributed by atoms with Gasteiger partial charge in [-0.3, -0.25) is 4.98 Å². The summed E-state index contributed by atoms with van der Waals surface area (Å²) in [6, 6.07) is 6.30. The van der Waals surface area contributed by atoms with Gasteiger partial charge >= 0.3 is 0 Å². The van der Waals surface area contributed by atoms with Crippen molar-refractivity contribution in [1.82, 2.24) is 10.3 Å². The minimum atomic E-state index is -0.221. The van der Waals surface area contributed by atoms with Gasteiger partial charge in [0.05, 0.1) is 5.69 Å². The number of thiocarbonyl (C=S) groups is 1. The van der Waals surface area contributed by atoms with Crippen LogP contribution in [0.15, 0.2) is 24.4 Å². The lowest BCUT2D eigenvalue weighted by molar-refractivity contribution is 0.153. The molecule has 1 aromatic rings. The average molecular weight is 222 g/mol. The molecule has 0 radical (unpaired) electrons. The van der Waals surface area contributed by atoms with E-state index < -0.39 is 0 Å². The minimum absolute atomic E-state index is 0.221. The van der Waals surface area contributed by atoms with Crippen molar-refractivity contribution >= 4 is 17.2 Å². The number of aromatic nitrogens is 1. The monoisotopic (exact) mass is 222 g/mol. The van der Waals surface area contributed by atoms with Crippen molar-refractivity contribution in [3.05, 3.63) is 30.1 Å². The Morgan fingerprint density at radius 2 is 2.40 bits per heavy atom. The van der Waals surface area contributed by atoms with Crippen molar-refractivity contribution in [2.75, 3.05) is 7.11 Å². The number of hydrogen-bond donors (Lipinski definition) is 1. The van der Waals surface area contributed by atoms with Crippen molar-refractivity contribution < 1.29 is 4.74 Å². The zero-order valence-corrected chi connectivity index (χ0v) is 9.46. The maximum atomic E-state index is 5.36. The Bertz CT molecular complexity index is 338. The van der Waals surface area contributed by atoms with Crippen LogP contribution in [0.5, 0.6) is 0 Å². The summed E-state index contributed by atoms with van der Waals surface area (Å²) in [7, 11) is 1.65. The number of pyridine rings is 1. The second-order valence-electron chi connectivity index (χ2n) is 3.65. The molecule has 0 saturated heterocycles. The number of nitrogens with zero attached hydrogens (tertiary/aromatic N) is 1. The Balaban J connectivity index is 2.05. The lowest BCUT2D eigenvalue weighted by atomic mass is 10.2. The Labute approximate surface area is 94.9 Å². The Morgan fingerprint density at radius 3 is 2.93 bits per heavy atom. The summed E-state index contributed by atoms with van der Waals surface area (Å²) in [5.74, 6) is 0. The minimum Gasteiger partial charge on any atom is -0.374 e. The molecule has 1 saturated carbocycles. The van der Waals surface area contributed by atoms with Gasteiger partial charge in [-0.15, -0.1) is 0 Å². The molecule has 1 aromatic heterocycles. The van der Waals surface area contributed by atoms with Gasteiger partial charge < -0.3 is 10.1 Å². The Morgan fingerprint density at radius 1 is 1.60 bits per heavy atom. The van der Waals surface area contributed by atoms with Gasteiger partial charge in [0.1, 0.15) is 11.1 Å². The maximum absolute atomic E-state index is 5.36. The molecule has 0 aromatic carbocycles.